The van der Waals surface area contributed by atoms with Crippen molar-refractivity contribution < 1.29 is 11.4 Å². The minimum Gasteiger partial charge on any atom is -0.386 e. The van der Waals surface area contributed by atoms with E-state index in [-0.39, 0.29) is 12.8 Å². The molecular formula is C6H13NO3. The number of rotatable bonds is 4. The Morgan fingerprint density at radius 2 is 2.20 bits per heavy atom. The fourth-order valence-corrected chi connectivity index (χ4v) is 0.722. The van der Waals surface area contributed by atoms with Gasteiger partial charge in [0, 0.05) is 11.3 Å². The molecule has 4 heteroatoms. The van der Waals surface area contributed by atoms with Crippen LogP contribution < -0.4 is 0 Å². The van der Waals surface area contributed by atoms with Crippen LogP contribution >= 0.6 is 0 Å². The summed E-state index contributed by atoms with van der Waals surface area (Å²) in [6, 6.07) is -1.92. The lowest BCUT2D eigenvalue weighted by atomic mass is 10.1. The fourth-order valence-electron chi connectivity index (χ4n) is 0.722. The van der Waals surface area contributed by atoms with Crippen molar-refractivity contribution in [3.8, 4) is 0 Å². The third kappa shape index (κ3) is 2.31. The molecule has 0 bridgehead atoms. The molecule has 0 rings (SSSR count). The van der Waals surface area contributed by atoms with E-state index in [4.69, 9.17) is 6.48 Å². The van der Waals surface area contributed by atoms with Crippen LogP contribution in [0.1, 0.15) is 28.1 Å². The minimum absolute atomic E-state index is 0.0228. The van der Waals surface area contributed by atoms with Crippen molar-refractivity contribution in [3.63, 3.8) is 0 Å². The molecule has 0 aliphatic rings. The van der Waals surface area contributed by atoms with Crippen LogP contribution in [-0.2, 0) is 0 Å². The molecule has 0 spiro atoms. The van der Waals surface area contributed by atoms with Gasteiger partial charge in [0.05, 0.1) is 0 Å². The molecule has 0 aromatic carbocycles. The molecule has 0 fully saturated rings. The standard InChI is InChI=1S/C6H13NO3/c1-3-5(7(9)10)6(8)4-2/h5-6,8H,3-4H2,1-2H3/i5D. The Morgan fingerprint density at radius 3 is 2.30 bits per heavy atom. The maximum Gasteiger partial charge on any atom is 0.238 e. The molecule has 0 heterocycles. The van der Waals surface area contributed by atoms with E-state index in [1.165, 1.54) is 6.92 Å². The predicted octanol–water partition coefficient (Wildman–Crippen LogP) is 0.813. The van der Waals surface area contributed by atoms with Gasteiger partial charge in [-0.3, -0.25) is 10.1 Å². The predicted molar refractivity (Wildman–Crippen MR) is 37.4 cm³/mol. The highest BCUT2D eigenvalue weighted by Crippen LogP contribution is 2.05. The van der Waals surface area contributed by atoms with Crippen LogP contribution in [0.2, 0.25) is 0 Å². The van der Waals surface area contributed by atoms with Gasteiger partial charge in [0.2, 0.25) is 6.02 Å². The molecule has 60 valence electrons. The Labute approximate surface area is 61.4 Å². The van der Waals surface area contributed by atoms with E-state index >= 15 is 0 Å². The highest BCUT2D eigenvalue weighted by Gasteiger charge is 2.25. The zero-order valence-corrected chi connectivity index (χ0v) is 6.20. The van der Waals surface area contributed by atoms with Crippen LogP contribution in [0, 0.1) is 10.1 Å². The maximum atomic E-state index is 10.3. The summed E-state index contributed by atoms with van der Waals surface area (Å²) in [5, 5.41) is 19.4. The second-order valence-corrected chi connectivity index (χ2v) is 2.03. The van der Waals surface area contributed by atoms with E-state index in [0.29, 0.717) is 0 Å². The van der Waals surface area contributed by atoms with Gasteiger partial charge in [0.1, 0.15) is 7.47 Å². The van der Waals surface area contributed by atoms with Crippen molar-refractivity contribution in [1.82, 2.24) is 0 Å². The summed E-state index contributed by atoms with van der Waals surface area (Å²) >= 11 is 0. The smallest absolute Gasteiger partial charge is 0.238 e. The minimum atomic E-state index is -1.92. The first-order chi connectivity index (χ1) is 4.99. The molecule has 0 aliphatic heterocycles. The molecule has 0 aliphatic carbocycles. The van der Waals surface area contributed by atoms with E-state index < -0.39 is 17.0 Å². The highest BCUT2D eigenvalue weighted by molar-refractivity contribution is 4.63. The van der Waals surface area contributed by atoms with Gasteiger partial charge in [0.15, 0.2) is 0 Å². The van der Waals surface area contributed by atoms with Crippen LogP contribution in [0.3, 0.4) is 0 Å². The maximum absolute atomic E-state index is 10.3. The summed E-state index contributed by atoms with van der Waals surface area (Å²) in [4.78, 5) is 9.58. The molecule has 0 amide bonds. The van der Waals surface area contributed by atoms with Gasteiger partial charge in [-0.1, -0.05) is 13.8 Å². The Kier molecular flexibility index (Phi) is 3.15. The molecule has 0 saturated carbocycles. The topological polar surface area (TPSA) is 63.4 Å². The van der Waals surface area contributed by atoms with E-state index in [1.54, 1.807) is 6.92 Å². The van der Waals surface area contributed by atoms with Crippen LogP contribution in [0.25, 0.3) is 0 Å². The Morgan fingerprint density at radius 1 is 1.70 bits per heavy atom. The van der Waals surface area contributed by atoms with Crippen LogP contribution in [-0.4, -0.2) is 22.2 Å². The lowest BCUT2D eigenvalue weighted by molar-refractivity contribution is -0.534. The Hall–Kier alpha value is -0.640. The van der Waals surface area contributed by atoms with Gasteiger partial charge in [-0.25, -0.2) is 0 Å². The average molecular weight is 148 g/mol. The first-order valence-electron chi connectivity index (χ1n) is 3.81. The molecular weight excluding hydrogens is 134 g/mol. The number of nitrogens with zero attached hydrogens (tertiary/aromatic N) is 1. The third-order valence-corrected chi connectivity index (χ3v) is 1.37. The van der Waals surface area contributed by atoms with Gasteiger partial charge >= 0.3 is 0 Å². The number of aliphatic hydroxyl groups is 1. The summed E-state index contributed by atoms with van der Waals surface area (Å²) in [7, 11) is 0. The first kappa shape index (κ1) is 7.47. The summed E-state index contributed by atoms with van der Waals surface area (Å²) in [6.45, 7) is 3.14. The summed E-state index contributed by atoms with van der Waals surface area (Å²) in [6.07, 6.45) is -0.921. The normalized spacial score (nSPS) is 20.9. The Bertz CT molecular complexity index is 153. The molecule has 0 saturated heterocycles. The molecule has 2 atom stereocenters. The monoisotopic (exact) mass is 148 g/mol. The van der Waals surface area contributed by atoms with Crippen LogP contribution in [0.4, 0.5) is 0 Å². The summed E-state index contributed by atoms with van der Waals surface area (Å²) < 4.78 is 7.28. The lowest BCUT2D eigenvalue weighted by Gasteiger charge is -2.11. The first-order valence-corrected chi connectivity index (χ1v) is 3.31. The van der Waals surface area contributed by atoms with Crippen LogP contribution in [0.15, 0.2) is 0 Å². The molecule has 10 heavy (non-hydrogen) atoms. The molecule has 2 unspecified atom stereocenters. The molecule has 0 aromatic heterocycles. The van der Waals surface area contributed by atoms with Gasteiger partial charge in [-0.15, -0.1) is 0 Å². The zero-order chi connectivity index (χ0) is 9.07. The summed E-state index contributed by atoms with van der Waals surface area (Å²) in [5.41, 5.74) is 0. The number of hydrogen-bond acceptors (Lipinski definition) is 3. The number of aliphatic hydroxyl groups excluding tert-OH is 1. The average Bonchev–Trinajstić information content (AvgIpc) is 2.01. The second kappa shape index (κ2) is 4.22. The molecule has 0 radical (unpaired) electrons. The van der Waals surface area contributed by atoms with Gasteiger partial charge in [0.25, 0.3) is 0 Å². The van der Waals surface area contributed by atoms with E-state index in [0.717, 1.165) is 0 Å². The number of hydrogen-bond donors (Lipinski definition) is 1. The van der Waals surface area contributed by atoms with Crippen molar-refractivity contribution in [3.05, 3.63) is 10.1 Å². The molecule has 4 nitrogen and oxygen atoms in total. The zero-order valence-electron chi connectivity index (χ0n) is 7.20. The highest BCUT2D eigenvalue weighted by atomic mass is 16.6. The van der Waals surface area contributed by atoms with Crippen molar-refractivity contribution in [2.75, 3.05) is 0 Å². The summed E-state index contributed by atoms with van der Waals surface area (Å²) in [5.74, 6) is 0. The van der Waals surface area contributed by atoms with Gasteiger partial charge < -0.3 is 5.11 Å². The van der Waals surface area contributed by atoms with E-state index in [9.17, 15) is 10.1 Å². The van der Waals surface area contributed by atoms with Crippen molar-refractivity contribution in [2.45, 2.75) is 38.8 Å². The van der Waals surface area contributed by atoms with Crippen molar-refractivity contribution >= 4 is 0 Å². The second-order valence-electron chi connectivity index (χ2n) is 2.03. The largest absolute Gasteiger partial charge is 0.386 e. The Balaban J connectivity index is 4.45. The third-order valence-electron chi connectivity index (χ3n) is 1.37. The number of nitro groups is 1. The fraction of sp³-hybridized carbons (Fsp3) is 1.00. The van der Waals surface area contributed by atoms with Crippen molar-refractivity contribution in [1.29, 1.82) is 0 Å². The van der Waals surface area contributed by atoms with E-state index in [1.807, 2.05) is 0 Å². The quantitative estimate of drug-likeness (QED) is 0.474. The van der Waals surface area contributed by atoms with Crippen molar-refractivity contribution in [2.24, 2.45) is 0 Å². The molecule has 1 N–H and O–H groups in total. The lowest BCUT2D eigenvalue weighted by Crippen LogP contribution is -2.32. The van der Waals surface area contributed by atoms with Gasteiger partial charge in [-0.2, -0.15) is 0 Å². The molecule has 0 aromatic rings. The van der Waals surface area contributed by atoms with E-state index in [2.05, 4.69) is 0 Å². The SMILES string of the molecule is [2H]C(CC)(C(O)CC)[N+](=O)[O-]. The van der Waals surface area contributed by atoms with Crippen LogP contribution in [0.5, 0.6) is 0 Å². The van der Waals surface area contributed by atoms with Gasteiger partial charge in [-0.05, 0) is 6.42 Å².